The van der Waals surface area contributed by atoms with Gasteiger partial charge in [-0.2, -0.15) is 5.10 Å². The number of benzene rings is 2. The number of rotatable bonds is 5. The van der Waals surface area contributed by atoms with E-state index in [-0.39, 0.29) is 11.6 Å². The van der Waals surface area contributed by atoms with Crippen LogP contribution >= 0.6 is 0 Å². The van der Waals surface area contributed by atoms with Gasteiger partial charge < -0.3 is 4.90 Å². The highest BCUT2D eigenvalue weighted by Crippen LogP contribution is 2.22. The first kappa shape index (κ1) is 16.2. The van der Waals surface area contributed by atoms with Crippen LogP contribution in [-0.2, 0) is 0 Å². The Morgan fingerprint density at radius 3 is 2.52 bits per heavy atom. The number of hydrogen-bond acceptors (Lipinski definition) is 5. The number of hydrazone groups is 1. The Bertz CT molecular complexity index is 742. The lowest BCUT2D eigenvalue weighted by Crippen LogP contribution is -2.18. The molecule has 2 rings (SSSR count). The van der Waals surface area contributed by atoms with Crippen LogP contribution in [0.25, 0.3) is 0 Å². The van der Waals surface area contributed by atoms with E-state index in [2.05, 4.69) is 10.5 Å². The standard InChI is InChI=1S/C16H16N4O3/c1-19(2)15-9-8-14(20(22)23)10-13(15)11-17-18-16(21)12-6-4-3-5-7-12/h3-11H,1-2H3,(H,18,21)/b17-11-. The number of nitro groups is 1. The lowest BCUT2D eigenvalue weighted by atomic mass is 10.1. The molecule has 1 N–H and O–H groups in total. The van der Waals surface area contributed by atoms with E-state index in [1.165, 1.54) is 18.3 Å². The molecule has 0 bridgehead atoms. The van der Waals surface area contributed by atoms with E-state index in [1.54, 1.807) is 30.3 Å². The van der Waals surface area contributed by atoms with Gasteiger partial charge in [0.1, 0.15) is 0 Å². The Balaban J connectivity index is 2.19. The fourth-order valence-corrected chi connectivity index (χ4v) is 1.98. The largest absolute Gasteiger partial charge is 0.377 e. The van der Waals surface area contributed by atoms with Crippen molar-refractivity contribution in [2.45, 2.75) is 0 Å². The molecule has 7 heteroatoms. The summed E-state index contributed by atoms with van der Waals surface area (Å²) in [4.78, 5) is 24.1. The molecule has 0 aliphatic carbocycles. The predicted molar refractivity (Wildman–Crippen MR) is 88.9 cm³/mol. The van der Waals surface area contributed by atoms with E-state index in [1.807, 2.05) is 25.1 Å². The molecule has 2 aromatic carbocycles. The fraction of sp³-hybridized carbons (Fsp3) is 0.125. The molecule has 0 aromatic heterocycles. The van der Waals surface area contributed by atoms with Crippen molar-refractivity contribution >= 4 is 23.5 Å². The number of anilines is 1. The normalized spacial score (nSPS) is 10.5. The zero-order valence-electron chi connectivity index (χ0n) is 12.8. The first-order chi connectivity index (χ1) is 11.0. The van der Waals surface area contributed by atoms with E-state index < -0.39 is 4.92 Å². The Hall–Kier alpha value is -3.22. The monoisotopic (exact) mass is 312 g/mol. The Labute approximate surface area is 133 Å². The SMILES string of the molecule is CN(C)c1ccc([N+](=O)[O-])cc1/C=N\NC(=O)c1ccccc1. The number of hydrogen-bond donors (Lipinski definition) is 1. The molecule has 118 valence electrons. The summed E-state index contributed by atoms with van der Waals surface area (Å²) in [5, 5.41) is 14.8. The van der Waals surface area contributed by atoms with Gasteiger partial charge in [0.15, 0.2) is 0 Å². The van der Waals surface area contributed by atoms with Crippen molar-refractivity contribution in [1.29, 1.82) is 0 Å². The van der Waals surface area contributed by atoms with E-state index >= 15 is 0 Å². The van der Waals surface area contributed by atoms with Gasteiger partial charge in [-0.3, -0.25) is 14.9 Å². The van der Waals surface area contributed by atoms with Crippen LogP contribution in [-0.4, -0.2) is 31.1 Å². The number of nitrogens with zero attached hydrogens (tertiary/aromatic N) is 3. The van der Waals surface area contributed by atoms with Crippen molar-refractivity contribution < 1.29 is 9.72 Å². The van der Waals surface area contributed by atoms with Gasteiger partial charge in [-0.25, -0.2) is 5.43 Å². The molecule has 0 radical (unpaired) electrons. The number of nitro benzene ring substituents is 1. The summed E-state index contributed by atoms with van der Waals surface area (Å²) in [6.07, 6.45) is 1.39. The maximum absolute atomic E-state index is 11.9. The van der Waals surface area contributed by atoms with Crippen molar-refractivity contribution in [3.05, 3.63) is 69.8 Å². The lowest BCUT2D eigenvalue weighted by Gasteiger charge is -2.14. The van der Waals surface area contributed by atoms with Crippen LogP contribution in [0.4, 0.5) is 11.4 Å². The molecule has 7 nitrogen and oxygen atoms in total. The first-order valence-corrected chi connectivity index (χ1v) is 6.83. The molecule has 2 aromatic rings. The molecule has 1 amide bonds. The summed E-state index contributed by atoms with van der Waals surface area (Å²) in [5.41, 5.74) is 4.15. The second kappa shape index (κ2) is 7.17. The second-order valence-electron chi connectivity index (χ2n) is 4.96. The van der Waals surface area contributed by atoms with Gasteiger partial charge in [-0.15, -0.1) is 0 Å². The van der Waals surface area contributed by atoms with Crippen molar-refractivity contribution in [3.8, 4) is 0 Å². The van der Waals surface area contributed by atoms with Crippen molar-refractivity contribution in [1.82, 2.24) is 5.43 Å². The van der Waals surface area contributed by atoms with Gasteiger partial charge in [0.25, 0.3) is 11.6 Å². The highest BCUT2D eigenvalue weighted by molar-refractivity contribution is 5.95. The molecular formula is C16H16N4O3. The van der Waals surface area contributed by atoms with Crippen LogP contribution in [0.2, 0.25) is 0 Å². The summed E-state index contributed by atoms with van der Waals surface area (Å²) in [6.45, 7) is 0. The molecule has 0 aliphatic rings. The van der Waals surface area contributed by atoms with Gasteiger partial charge in [0.2, 0.25) is 0 Å². The average molecular weight is 312 g/mol. The van der Waals surface area contributed by atoms with E-state index in [0.717, 1.165) is 5.69 Å². The van der Waals surface area contributed by atoms with Gasteiger partial charge in [-0.1, -0.05) is 18.2 Å². The minimum atomic E-state index is -0.473. The highest BCUT2D eigenvalue weighted by Gasteiger charge is 2.11. The third kappa shape index (κ3) is 4.13. The summed E-state index contributed by atoms with van der Waals surface area (Å²) >= 11 is 0. The molecule has 0 fully saturated rings. The third-order valence-electron chi connectivity index (χ3n) is 3.11. The molecule has 0 heterocycles. The zero-order valence-corrected chi connectivity index (χ0v) is 12.8. The Morgan fingerprint density at radius 1 is 1.22 bits per heavy atom. The maximum Gasteiger partial charge on any atom is 0.271 e. The number of non-ortho nitro benzene ring substituents is 1. The summed E-state index contributed by atoms with van der Waals surface area (Å²) in [6, 6.07) is 13.1. The van der Waals surface area contributed by atoms with Crippen molar-refractivity contribution in [2.75, 3.05) is 19.0 Å². The smallest absolute Gasteiger partial charge is 0.271 e. The summed E-state index contributed by atoms with van der Waals surface area (Å²) in [7, 11) is 3.64. The molecule has 0 aliphatic heterocycles. The van der Waals surface area contributed by atoms with Crippen molar-refractivity contribution in [3.63, 3.8) is 0 Å². The van der Waals surface area contributed by atoms with Crippen LogP contribution in [0.5, 0.6) is 0 Å². The van der Waals surface area contributed by atoms with Gasteiger partial charge in [0, 0.05) is 43.0 Å². The molecule has 0 unspecified atom stereocenters. The van der Waals surface area contributed by atoms with E-state index in [0.29, 0.717) is 11.1 Å². The lowest BCUT2D eigenvalue weighted by molar-refractivity contribution is -0.384. The molecule has 0 spiro atoms. The maximum atomic E-state index is 11.9. The molecule has 0 saturated heterocycles. The van der Waals surface area contributed by atoms with Crippen molar-refractivity contribution in [2.24, 2.45) is 5.10 Å². The predicted octanol–water partition coefficient (Wildman–Crippen LogP) is 2.42. The van der Waals surface area contributed by atoms with Crippen LogP contribution in [0, 0.1) is 10.1 Å². The molecular weight excluding hydrogens is 296 g/mol. The Kier molecular flexibility index (Phi) is 5.03. The molecule has 23 heavy (non-hydrogen) atoms. The average Bonchev–Trinajstić information content (AvgIpc) is 2.55. The minimum Gasteiger partial charge on any atom is -0.377 e. The third-order valence-corrected chi connectivity index (χ3v) is 3.11. The van der Waals surface area contributed by atoms with Crippen LogP contribution in [0.3, 0.4) is 0 Å². The van der Waals surface area contributed by atoms with Gasteiger partial charge in [-0.05, 0) is 18.2 Å². The zero-order chi connectivity index (χ0) is 16.8. The van der Waals surface area contributed by atoms with Gasteiger partial charge >= 0.3 is 0 Å². The summed E-state index contributed by atoms with van der Waals surface area (Å²) < 4.78 is 0. The minimum absolute atomic E-state index is 0.0357. The topological polar surface area (TPSA) is 87.8 Å². The van der Waals surface area contributed by atoms with Crippen LogP contribution in [0.15, 0.2) is 53.6 Å². The first-order valence-electron chi connectivity index (χ1n) is 6.83. The molecule has 0 saturated carbocycles. The highest BCUT2D eigenvalue weighted by atomic mass is 16.6. The van der Waals surface area contributed by atoms with E-state index in [4.69, 9.17) is 0 Å². The molecule has 0 atom stereocenters. The van der Waals surface area contributed by atoms with Gasteiger partial charge in [0.05, 0.1) is 11.1 Å². The summed E-state index contributed by atoms with van der Waals surface area (Å²) in [5.74, 6) is -0.348. The fourth-order valence-electron chi connectivity index (χ4n) is 1.98. The number of nitrogens with one attached hydrogen (secondary N) is 1. The number of carbonyl (C=O) groups is 1. The number of amides is 1. The Morgan fingerprint density at radius 2 is 1.91 bits per heavy atom. The quantitative estimate of drug-likeness (QED) is 0.522. The second-order valence-corrected chi connectivity index (χ2v) is 4.96. The number of carbonyl (C=O) groups excluding carboxylic acids is 1. The van der Waals surface area contributed by atoms with Crippen LogP contribution < -0.4 is 10.3 Å². The van der Waals surface area contributed by atoms with E-state index in [9.17, 15) is 14.9 Å². The van der Waals surface area contributed by atoms with Crippen LogP contribution in [0.1, 0.15) is 15.9 Å².